The highest BCUT2D eigenvalue weighted by Gasteiger charge is 2.22. The maximum absolute atomic E-state index is 12.4. The van der Waals surface area contributed by atoms with Crippen molar-refractivity contribution in [3.8, 4) is 0 Å². The van der Waals surface area contributed by atoms with Gasteiger partial charge in [0.15, 0.2) is 5.82 Å². The van der Waals surface area contributed by atoms with Crippen LogP contribution in [-0.2, 0) is 15.4 Å². The maximum Gasteiger partial charge on any atom is 0.244 e. The summed E-state index contributed by atoms with van der Waals surface area (Å²) >= 11 is 0. The van der Waals surface area contributed by atoms with Crippen molar-refractivity contribution in [2.75, 3.05) is 0 Å². The van der Waals surface area contributed by atoms with Crippen molar-refractivity contribution in [2.24, 2.45) is 0 Å². The van der Waals surface area contributed by atoms with E-state index in [9.17, 15) is 8.42 Å². The summed E-state index contributed by atoms with van der Waals surface area (Å²) < 4.78 is 32.3. The minimum Gasteiger partial charge on any atom is -0.338 e. The van der Waals surface area contributed by atoms with E-state index in [0.717, 1.165) is 5.56 Å². The third-order valence-electron chi connectivity index (χ3n) is 3.28. The first-order valence-corrected chi connectivity index (χ1v) is 8.51. The van der Waals surface area contributed by atoms with E-state index in [1.165, 1.54) is 0 Å². The third kappa shape index (κ3) is 3.72. The van der Waals surface area contributed by atoms with E-state index in [1.807, 2.05) is 12.1 Å². The van der Waals surface area contributed by atoms with Crippen molar-refractivity contribution in [1.29, 1.82) is 0 Å². The Morgan fingerprint density at radius 2 is 1.77 bits per heavy atom. The van der Waals surface area contributed by atoms with E-state index >= 15 is 0 Å². The van der Waals surface area contributed by atoms with Crippen LogP contribution in [0.3, 0.4) is 0 Å². The molecule has 1 aromatic heterocycles. The van der Waals surface area contributed by atoms with Crippen molar-refractivity contribution in [2.45, 2.75) is 51.0 Å². The van der Waals surface area contributed by atoms with Crippen LogP contribution in [0.15, 0.2) is 33.7 Å². The van der Waals surface area contributed by atoms with Gasteiger partial charge in [-0.2, -0.15) is 9.71 Å². The summed E-state index contributed by atoms with van der Waals surface area (Å²) in [6, 6.07) is 6.28. The first kappa shape index (κ1) is 16.6. The van der Waals surface area contributed by atoms with Crippen LogP contribution < -0.4 is 4.72 Å². The Labute approximate surface area is 131 Å². The molecule has 0 amide bonds. The Morgan fingerprint density at radius 1 is 1.18 bits per heavy atom. The molecular weight excluding hydrogens is 302 g/mol. The van der Waals surface area contributed by atoms with Gasteiger partial charge in [-0.05, 0) is 37.0 Å². The highest BCUT2D eigenvalue weighted by atomic mass is 32.2. The van der Waals surface area contributed by atoms with E-state index in [2.05, 4.69) is 35.6 Å². The van der Waals surface area contributed by atoms with Crippen LogP contribution in [-0.4, -0.2) is 18.6 Å². The van der Waals surface area contributed by atoms with Gasteiger partial charge in [-0.25, -0.2) is 8.42 Å². The molecule has 22 heavy (non-hydrogen) atoms. The number of nitrogens with one attached hydrogen (secondary N) is 1. The van der Waals surface area contributed by atoms with Crippen LogP contribution in [0.25, 0.3) is 0 Å². The molecule has 0 aliphatic rings. The second kappa shape index (κ2) is 5.81. The molecule has 0 saturated carbocycles. The van der Waals surface area contributed by atoms with E-state index in [-0.39, 0.29) is 16.2 Å². The van der Waals surface area contributed by atoms with Crippen molar-refractivity contribution >= 4 is 10.0 Å². The molecule has 0 fully saturated rings. The number of aryl methyl sites for hydroxylation is 1. The standard InChI is InChI=1S/C15H21N3O3S/c1-10(14-16-11(2)17-21-14)18-22(19,20)13-8-6-12(7-9-13)15(3,4)5/h6-10,18H,1-5H3/t10-/m1/s1. The zero-order valence-electron chi connectivity index (χ0n) is 13.4. The van der Waals surface area contributed by atoms with E-state index < -0.39 is 16.1 Å². The number of hydrogen-bond donors (Lipinski definition) is 1. The number of aromatic nitrogens is 2. The van der Waals surface area contributed by atoms with Gasteiger partial charge in [0.05, 0.1) is 10.9 Å². The molecule has 1 N–H and O–H groups in total. The lowest BCUT2D eigenvalue weighted by molar-refractivity contribution is 0.351. The van der Waals surface area contributed by atoms with Crippen LogP contribution in [0.5, 0.6) is 0 Å². The minimum absolute atomic E-state index is 0.0235. The molecule has 2 aromatic rings. The molecule has 1 heterocycles. The Bertz CT molecular complexity index is 743. The van der Waals surface area contributed by atoms with Crippen LogP contribution in [0, 0.1) is 6.92 Å². The first-order chi connectivity index (χ1) is 10.1. The average Bonchev–Trinajstić information content (AvgIpc) is 2.84. The summed E-state index contributed by atoms with van der Waals surface area (Å²) in [4.78, 5) is 4.24. The fourth-order valence-electron chi connectivity index (χ4n) is 1.97. The summed E-state index contributed by atoms with van der Waals surface area (Å²) in [5.74, 6) is 0.711. The van der Waals surface area contributed by atoms with E-state index in [4.69, 9.17) is 4.52 Å². The second-order valence-electron chi connectivity index (χ2n) is 6.30. The smallest absolute Gasteiger partial charge is 0.244 e. The lowest BCUT2D eigenvalue weighted by atomic mass is 9.87. The molecule has 120 valence electrons. The molecule has 7 heteroatoms. The largest absolute Gasteiger partial charge is 0.338 e. The Kier molecular flexibility index (Phi) is 4.39. The highest BCUT2D eigenvalue weighted by Crippen LogP contribution is 2.24. The van der Waals surface area contributed by atoms with Crippen molar-refractivity contribution in [3.63, 3.8) is 0 Å². The molecular formula is C15H21N3O3S. The molecule has 0 unspecified atom stereocenters. The fourth-order valence-corrected chi connectivity index (χ4v) is 3.17. The van der Waals surface area contributed by atoms with Gasteiger partial charge < -0.3 is 4.52 Å². The summed E-state index contributed by atoms with van der Waals surface area (Å²) in [6.07, 6.45) is 0. The van der Waals surface area contributed by atoms with Crippen molar-refractivity contribution in [3.05, 3.63) is 41.5 Å². The molecule has 0 aliphatic heterocycles. The molecule has 2 rings (SSSR count). The first-order valence-electron chi connectivity index (χ1n) is 7.03. The summed E-state index contributed by atoms with van der Waals surface area (Å²) in [5.41, 5.74) is 1.05. The van der Waals surface area contributed by atoms with Gasteiger partial charge in [-0.15, -0.1) is 0 Å². The third-order valence-corrected chi connectivity index (χ3v) is 4.83. The number of nitrogens with zero attached hydrogens (tertiary/aromatic N) is 2. The maximum atomic E-state index is 12.4. The molecule has 0 aliphatic carbocycles. The summed E-state index contributed by atoms with van der Waals surface area (Å²) in [5, 5.41) is 3.66. The second-order valence-corrected chi connectivity index (χ2v) is 8.01. The van der Waals surface area contributed by atoms with Crippen LogP contribution in [0.2, 0.25) is 0 Å². The lowest BCUT2D eigenvalue weighted by Gasteiger charge is -2.19. The number of sulfonamides is 1. The minimum atomic E-state index is -3.64. The molecule has 6 nitrogen and oxygen atoms in total. The number of rotatable bonds is 4. The van der Waals surface area contributed by atoms with Gasteiger partial charge in [0.1, 0.15) is 0 Å². The monoisotopic (exact) mass is 323 g/mol. The van der Waals surface area contributed by atoms with Crippen molar-refractivity contribution in [1.82, 2.24) is 14.9 Å². The molecule has 0 bridgehead atoms. The predicted octanol–water partition coefficient (Wildman–Crippen LogP) is 2.72. The van der Waals surface area contributed by atoms with Crippen LogP contribution in [0.1, 0.15) is 51.0 Å². The molecule has 0 saturated heterocycles. The van der Waals surface area contributed by atoms with Gasteiger partial charge in [0.25, 0.3) is 0 Å². The molecule has 0 spiro atoms. The average molecular weight is 323 g/mol. The summed E-state index contributed by atoms with van der Waals surface area (Å²) in [7, 11) is -3.64. The quantitative estimate of drug-likeness (QED) is 0.935. The Morgan fingerprint density at radius 3 is 2.23 bits per heavy atom. The van der Waals surface area contributed by atoms with Gasteiger partial charge in [-0.1, -0.05) is 38.1 Å². The Hall–Kier alpha value is -1.73. The van der Waals surface area contributed by atoms with E-state index in [0.29, 0.717) is 5.82 Å². The van der Waals surface area contributed by atoms with Gasteiger partial charge in [0.2, 0.25) is 15.9 Å². The van der Waals surface area contributed by atoms with Crippen LogP contribution in [0.4, 0.5) is 0 Å². The zero-order valence-corrected chi connectivity index (χ0v) is 14.2. The van der Waals surface area contributed by atoms with Gasteiger partial charge >= 0.3 is 0 Å². The number of benzene rings is 1. The lowest BCUT2D eigenvalue weighted by Crippen LogP contribution is -2.27. The molecule has 1 atom stereocenters. The van der Waals surface area contributed by atoms with Gasteiger partial charge in [0, 0.05) is 0 Å². The van der Waals surface area contributed by atoms with Crippen molar-refractivity contribution < 1.29 is 12.9 Å². The normalized spacial score (nSPS) is 14.0. The van der Waals surface area contributed by atoms with E-state index in [1.54, 1.807) is 26.0 Å². The van der Waals surface area contributed by atoms with Crippen LogP contribution >= 0.6 is 0 Å². The number of hydrogen-bond acceptors (Lipinski definition) is 5. The molecule has 1 aromatic carbocycles. The van der Waals surface area contributed by atoms with Gasteiger partial charge in [-0.3, -0.25) is 0 Å². The predicted molar refractivity (Wildman–Crippen MR) is 82.9 cm³/mol. The summed E-state index contributed by atoms with van der Waals surface area (Å²) in [6.45, 7) is 9.58. The fraction of sp³-hybridized carbons (Fsp3) is 0.467. The SMILES string of the molecule is Cc1noc([C@@H](C)NS(=O)(=O)c2ccc(C(C)(C)C)cc2)n1. The Balaban J connectivity index is 2.20. The zero-order chi connectivity index (χ0) is 16.5. The topological polar surface area (TPSA) is 85.1 Å². The highest BCUT2D eigenvalue weighted by molar-refractivity contribution is 7.89. The molecule has 0 radical (unpaired) electrons.